The third kappa shape index (κ3) is 3.25. The van der Waals surface area contributed by atoms with Crippen molar-refractivity contribution < 1.29 is 14.1 Å². The van der Waals surface area contributed by atoms with Crippen LogP contribution in [0, 0.1) is 15.9 Å². The van der Waals surface area contributed by atoms with E-state index in [-0.39, 0.29) is 11.6 Å². The van der Waals surface area contributed by atoms with Gasteiger partial charge < -0.3 is 4.90 Å². The van der Waals surface area contributed by atoms with E-state index in [4.69, 9.17) is 0 Å². The van der Waals surface area contributed by atoms with Gasteiger partial charge in [0.15, 0.2) is 0 Å². The molecule has 0 aromatic heterocycles. The van der Waals surface area contributed by atoms with Crippen LogP contribution in [0.5, 0.6) is 0 Å². The molecule has 0 radical (unpaired) electrons. The Labute approximate surface area is 128 Å². The summed E-state index contributed by atoms with van der Waals surface area (Å²) < 4.78 is 13.4. The smallest absolute Gasteiger partial charge is 0.269 e. The Morgan fingerprint density at radius 1 is 1.24 bits per heavy atom. The average Bonchev–Trinajstić information content (AvgIpc) is 2.46. The first-order valence-corrected chi connectivity index (χ1v) is 6.67. The lowest BCUT2D eigenvalue weighted by Crippen LogP contribution is -2.26. The van der Waals surface area contributed by atoms with E-state index < -0.39 is 10.7 Å². The summed E-state index contributed by atoms with van der Waals surface area (Å²) in [6.45, 7) is 0. The van der Waals surface area contributed by atoms with E-state index in [1.807, 2.05) is 0 Å². The van der Waals surface area contributed by atoms with Crippen LogP contribution in [-0.2, 0) is 0 Å². The minimum atomic E-state index is -0.512. The first-order valence-electron chi connectivity index (χ1n) is 5.87. The molecule has 108 valence electrons. The normalized spacial score (nSPS) is 10.2. The SMILES string of the molecule is CN(C(=O)c1ccc(F)cc1Br)c1ccc([N+](=O)[O-])cc1. The highest BCUT2D eigenvalue weighted by Gasteiger charge is 2.17. The van der Waals surface area contributed by atoms with Crippen LogP contribution < -0.4 is 4.90 Å². The molecule has 0 atom stereocenters. The summed E-state index contributed by atoms with van der Waals surface area (Å²) in [7, 11) is 1.54. The van der Waals surface area contributed by atoms with Gasteiger partial charge in [0.25, 0.3) is 11.6 Å². The molecular formula is C14H10BrFN2O3. The molecule has 2 rings (SSSR count). The number of carbonyl (C=O) groups excluding carboxylic acids is 1. The van der Waals surface area contributed by atoms with Crippen molar-refractivity contribution in [3.63, 3.8) is 0 Å². The number of non-ortho nitro benzene ring substituents is 1. The molecule has 5 nitrogen and oxygen atoms in total. The zero-order chi connectivity index (χ0) is 15.6. The molecule has 0 spiro atoms. The lowest BCUT2D eigenvalue weighted by molar-refractivity contribution is -0.384. The molecule has 0 bridgehead atoms. The van der Waals surface area contributed by atoms with Crippen LogP contribution in [-0.4, -0.2) is 17.9 Å². The molecule has 0 unspecified atom stereocenters. The standard InChI is InChI=1S/C14H10BrFN2O3/c1-17(10-3-5-11(6-4-10)18(20)21)14(19)12-7-2-9(16)8-13(12)15/h2-8H,1H3. The molecule has 21 heavy (non-hydrogen) atoms. The van der Waals surface area contributed by atoms with Gasteiger partial charge in [0, 0.05) is 29.3 Å². The number of nitro benzene ring substituents is 1. The first-order chi connectivity index (χ1) is 9.90. The van der Waals surface area contributed by atoms with Crippen molar-refractivity contribution in [2.75, 3.05) is 11.9 Å². The lowest BCUT2D eigenvalue weighted by Gasteiger charge is -2.18. The van der Waals surface area contributed by atoms with Crippen LogP contribution >= 0.6 is 15.9 Å². The Hall–Kier alpha value is -2.28. The van der Waals surface area contributed by atoms with Gasteiger partial charge >= 0.3 is 0 Å². The number of halogens is 2. The van der Waals surface area contributed by atoms with Gasteiger partial charge in [-0.2, -0.15) is 0 Å². The quantitative estimate of drug-likeness (QED) is 0.623. The van der Waals surface area contributed by atoms with E-state index in [1.165, 1.54) is 47.4 Å². The Balaban J connectivity index is 2.28. The molecule has 0 aliphatic heterocycles. The summed E-state index contributed by atoms with van der Waals surface area (Å²) in [4.78, 5) is 23.8. The molecule has 0 aliphatic carbocycles. The summed E-state index contributed by atoms with van der Waals surface area (Å²) in [5.74, 6) is -0.799. The molecular weight excluding hydrogens is 343 g/mol. The van der Waals surface area contributed by atoms with Crippen molar-refractivity contribution in [1.29, 1.82) is 0 Å². The van der Waals surface area contributed by atoms with Crippen LogP contribution in [0.25, 0.3) is 0 Å². The van der Waals surface area contributed by atoms with E-state index in [0.717, 1.165) is 0 Å². The minimum Gasteiger partial charge on any atom is -0.311 e. The molecule has 1 amide bonds. The maximum Gasteiger partial charge on any atom is 0.269 e. The van der Waals surface area contributed by atoms with E-state index in [1.54, 1.807) is 7.05 Å². The van der Waals surface area contributed by atoms with E-state index >= 15 is 0 Å². The third-order valence-electron chi connectivity index (χ3n) is 2.91. The molecule has 7 heteroatoms. The van der Waals surface area contributed by atoms with Gasteiger partial charge in [0.05, 0.1) is 10.5 Å². The van der Waals surface area contributed by atoms with Crippen LogP contribution in [0.2, 0.25) is 0 Å². The summed E-state index contributed by atoms with van der Waals surface area (Å²) in [6, 6.07) is 9.38. The summed E-state index contributed by atoms with van der Waals surface area (Å²) >= 11 is 3.14. The fourth-order valence-electron chi connectivity index (χ4n) is 1.76. The van der Waals surface area contributed by atoms with E-state index in [2.05, 4.69) is 15.9 Å². The zero-order valence-corrected chi connectivity index (χ0v) is 12.5. The Morgan fingerprint density at radius 3 is 2.38 bits per heavy atom. The lowest BCUT2D eigenvalue weighted by atomic mass is 10.2. The number of nitrogens with zero attached hydrogens (tertiary/aromatic N) is 2. The second-order valence-corrected chi connectivity index (χ2v) is 5.12. The molecule has 2 aromatic carbocycles. The fraction of sp³-hybridized carbons (Fsp3) is 0.0714. The number of hydrogen-bond donors (Lipinski definition) is 0. The highest BCUT2D eigenvalue weighted by Crippen LogP contribution is 2.23. The number of amides is 1. The number of hydrogen-bond acceptors (Lipinski definition) is 3. The predicted octanol–water partition coefficient (Wildman–Crippen LogP) is 3.77. The third-order valence-corrected chi connectivity index (χ3v) is 3.57. The highest BCUT2D eigenvalue weighted by molar-refractivity contribution is 9.10. The Morgan fingerprint density at radius 2 is 1.86 bits per heavy atom. The van der Waals surface area contributed by atoms with Gasteiger partial charge in [0.1, 0.15) is 5.82 Å². The van der Waals surface area contributed by atoms with Crippen molar-refractivity contribution in [3.05, 3.63) is 68.4 Å². The van der Waals surface area contributed by atoms with E-state index in [0.29, 0.717) is 15.7 Å². The van der Waals surface area contributed by atoms with Gasteiger partial charge in [-0.05, 0) is 46.3 Å². The van der Waals surface area contributed by atoms with Crippen molar-refractivity contribution in [3.8, 4) is 0 Å². The maximum absolute atomic E-state index is 13.0. The van der Waals surface area contributed by atoms with Crippen LogP contribution in [0.15, 0.2) is 46.9 Å². The second kappa shape index (κ2) is 6.01. The van der Waals surface area contributed by atoms with Crippen LogP contribution in [0.4, 0.5) is 15.8 Å². The van der Waals surface area contributed by atoms with E-state index in [9.17, 15) is 19.3 Å². The van der Waals surface area contributed by atoms with Crippen molar-refractivity contribution in [2.24, 2.45) is 0 Å². The summed E-state index contributed by atoms with van der Waals surface area (Å²) in [5.41, 5.74) is 0.752. The largest absolute Gasteiger partial charge is 0.311 e. The van der Waals surface area contributed by atoms with Gasteiger partial charge in [-0.15, -0.1) is 0 Å². The van der Waals surface area contributed by atoms with Crippen molar-refractivity contribution in [2.45, 2.75) is 0 Å². The summed E-state index contributed by atoms with van der Waals surface area (Å²) in [6.07, 6.45) is 0. The van der Waals surface area contributed by atoms with Crippen LogP contribution in [0.1, 0.15) is 10.4 Å². The van der Waals surface area contributed by atoms with Gasteiger partial charge in [0.2, 0.25) is 0 Å². The number of rotatable bonds is 3. The highest BCUT2D eigenvalue weighted by atomic mass is 79.9. The average molecular weight is 353 g/mol. The summed E-state index contributed by atoms with van der Waals surface area (Å²) in [5, 5.41) is 10.6. The van der Waals surface area contributed by atoms with Crippen molar-refractivity contribution >= 4 is 33.2 Å². The van der Waals surface area contributed by atoms with Gasteiger partial charge in [-0.25, -0.2) is 4.39 Å². The molecule has 0 saturated carbocycles. The maximum atomic E-state index is 13.0. The zero-order valence-electron chi connectivity index (χ0n) is 10.9. The first kappa shape index (κ1) is 15.1. The minimum absolute atomic E-state index is 0.0532. The molecule has 2 aromatic rings. The molecule has 0 N–H and O–H groups in total. The molecule has 0 aliphatic rings. The Kier molecular flexibility index (Phi) is 4.32. The van der Waals surface area contributed by atoms with Crippen molar-refractivity contribution in [1.82, 2.24) is 0 Å². The number of anilines is 1. The number of carbonyl (C=O) groups is 1. The fourth-order valence-corrected chi connectivity index (χ4v) is 2.28. The second-order valence-electron chi connectivity index (χ2n) is 4.26. The monoisotopic (exact) mass is 352 g/mol. The van der Waals surface area contributed by atoms with Gasteiger partial charge in [-0.3, -0.25) is 14.9 Å². The number of benzene rings is 2. The predicted molar refractivity (Wildman–Crippen MR) is 79.9 cm³/mol. The Bertz CT molecular complexity index is 704. The van der Waals surface area contributed by atoms with Crippen LogP contribution in [0.3, 0.4) is 0 Å². The molecule has 0 heterocycles. The molecule has 0 saturated heterocycles. The number of nitro groups is 1. The topological polar surface area (TPSA) is 63.5 Å². The molecule has 0 fully saturated rings. The van der Waals surface area contributed by atoms with Gasteiger partial charge in [-0.1, -0.05) is 0 Å².